The van der Waals surface area contributed by atoms with Crippen LogP contribution in [0.15, 0.2) is 0 Å². The van der Waals surface area contributed by atoms with E-state index in [1.165, 1.54) is 117 Å². The molecular weight excluding hydrogens is 1340 g/mol. The summed E-state index contributed by atoms with van der Waals surface area (Å²) in [4.78, 5) is 41.9. The molecule has 26 atom stereocenters. The smallest absolute Gasteiger partial charge is 0.306 e. The highest BCUT2D eigenvalue weighted by atomic mass is 16.8. The number of aliphatic hydroxyl groups is 9. The molecule has 6 saturated heterocycles. The number of esters is 3. The topological polar surface area (TPSA) is 353 Å². The predicted molar refractivity (Wildman–Crippen MR) is 381 cm³/mol. The van der Waals surface area contributed by atoms with Gasteiger partial charge in [-0.25, -0.2) is 0 Å². The van der Waals surface area contributed by atoms with Crippen LogP contribution in [0.25, 0.3) is 0 Å². The Labute approximate surface area is 615 Å². The molecule has 6 fully saturated rings. The summed E-state index contributed by atoms with van der Waals surface area (Å²) in [6.45, 7) is 11.9. The maximum absolute atomic E-state index is 14.5. The summed E-state index contributed by atoms with van der Waals surface area (Å²) in [6, 6.07) is 0. The van der Waals surface area contributed by atoms with E-state index in [0.717, 1.165) is 109 Å². The van der Waals surface area contributed by atoms with Crippen LogP contribution in [0.5, 0.6) is 0 Å². The molecule has 25 heteroatoms. The Hall–Kier alpha value is -2.35. The van der Waals surface area contributed by atoms with Gasteiger partial charge in [0.1, 0.15) is 79.4 Å². The second-order valence-electron chi connectivity index (χ2n) is 30.5. The second-order valence-corrected chi connectivity index (χ2v) is 30.5. The lowest BCUT2D eigenvalue weighted by molar-refractivity contribution is -0.400. The van der Waals surface area contributed by atoms with Crippen molar-refractivity contribution in [3.8, 4) is 0 Å². The molecule has 0 radical (unpaired) electrons. The van der Waals surface area contributed by atoms with Crippen LogP contribution in [-0.2, 0) is 76.0 Å². The van der Waals surface area contributed by atoms with E-state index in [0.29, 0.717) is 38.5 Å². The first-order chi connectivity index (χ1) is 49.7. The number of hydrogen-bond donors (Lipinski definition) is 9. The Kier molecular flexibility index (Phi) is 43.2. The molecule has 6 aliphatic heterocycles. The summed E-state index contributed by atoms with van der Waals surface area (Å²) >= 11 is 0. The highest BCUT2D eigenvalue weighted by molar-refractivity contribution is 5.70. The number of hydrogen-bond acceptors (Lipinski definition) is 25. The molecule has 0 saturated carbocycles. The first kappa shape index (κ1) is 89.5. The van der Waals surface area contributed by atoms with Gasteiger partial charge in [-0.15, -0.1) is 0 Å². The molecule has 0 aromatic carbocycles. The van der Waals surface area contributed by atoms with Gasteiger partial charge in [0.15, 0.2) is 49.8 Å². The van der Waals surface area contributed by atoms with Crippen LogP contribution in [0, 0.1) is 0 Å². The minimum absolute atomic E-state index is 0.0347. The number of aliphatic hydroxyl groups excluding tert-OH is 9. The molecular formula is C78H140O25. The average Bonchev–Trinajstić information content (AvgIpc) is 0.765. The third-order valence-electron chi connectivity index (χ3n) is 21.7. The Balaban J connectivity index is 1.26. The van der Waals surface area contributed by atoms with E-state index >= 15 is 0 Å². The van der Waals surface area contributed by atoms with Gasteiger partial charge < -0.3 is 108 Å². The standard InChI is InChI=1S/C78H140O25/c1-8-11-14-16-18-20-22-24-26-28-32-36-41-46-56(80)97-67-51(5)92-74(65(89)63(67)87)101-69-53(7)94-78(73(72(69)103-75-64(88)61(85)60(84)55(49-79)96-75)99-58(82)48-43-37-33-29-27-25-23-21-19-17-15-12-9-2)100-68-52(6)93-77-71(66(68)90)98-57(81)47-42-38-34-30-31-35-40-45-54(44-39-13-10-3)95-76-70(102-77)62(86)59(83)50(4)91-76/h50-55,59-79,83-90H,8-49H2,1-7H3/t50-,51+,52+,53+,54+,55-,59+,60-,61+,62+,63+,64-,65-,66-,67+,68+,69+,70-,71-,72-,73-,74+,75+,76+,77+,78+/m1/s1. The van der Waals surface area contributed by atoms with Crippen molar-refractivity contribution in [3.63, 3.8) is 0 Å². The lowest BCUT2D eigenvalue weighted by atomic mass is 9.95. The van der Waals surface area contributed by atoms with E-state index < -0.39 is 178 Å². The number of carbonyl (C=O) groups is 3. The van der Waals surface area contributed by atoms with Crippen molar-refractivity contribution in [3.05, 3.63) is 0 Å². The van der Waals surface area contributed by atoms with Crippen LogP contribution in [0.1, 0.15) is 312 Å². The lowest BCUT2D eigenvalue weighted by Crippen LogP contribution is -2.68. The van der Waals surface area contributed by atoms with Gasteiger partial charge in [0.25, 0.3) is 0 Å². The zero-order valence-electron chi connectivity index (χ0n) is 63.8. The van der Waals surface area contributed by atoms with Gasteiger partial charge in [-0.3, -0.25) is 14.4 Å². The summed E-state index contributed by atoms with van der Waals surface area (Å²) in [5, 5.41) is 104. The summed E-state index contributed by atoms with van der Waals surface area (Å²) in [7, 11) is 0. The molecule has 6 heterocycles. The minimum atomic E-state index is -2.02. The first-order valence-electron chi connectivity index (χ1n) is 40.9. The van der Waals surface area contributed by atoms with Crippen LogP contribution >= 0.6 is 0 Å². The Morgan fingerprint density at radius 3 is 1.35 bits per heavy atom. The minimum Gasteiger partial charge on any atom is -0.457 e. The molecule has 0 amide bonds. The summed E-state index contributed by atoms with van der Waals surface area (Å²) < 4.78 is 83.1. The van der Waals surface area contributed by atoms with Gasteiger partial charge in [0, 0.05) is 19.3 Å². The molecule has 6 rings (SSSR count). The predicted octanol–water partition coefficient (Wildman–Crippen LogP) is 10.3. The molecule has 0 aromatic heterocycles. The SMILES string of the molecule is CCCCCCCCCCCCCCCC(=O)O[C@@H]1[C@@H](O)[C@@H](O)[C@H](O[C@@H]2[C@@H](O[C@@H]3O[C@H](CO)[C@@H](O)[C@H](O)[C@H]3O)[C@@H](OC(=O)CCCCCCCCCCCCCCC)[C@H](O[C@@H]3[C@@H](O)[C@H]4OC(=O)CCCCCCCCC[C@H](CCCCC)O[C@@H]5O[C@H](C)[C@H](O)[C@H](O)[C@H]5O[C@@H]4O[C@H]3C)O[C@H]2C)O[C@H]1C. The quantitative estimate of drug-likeness (QED) is 0.0156. The number of unbranched alkanes of at least 4 members (excludes halogenated alkanes) is 26. The fourth-order valence-corrected chi connectivity index (χ4v) is 15.1. The van der Waals surface area contributed by atoms with Crippen molar-refractivity contribution in [2.24, 2.45) is 0 Å². The van der Waals surface area contributed by atoms with Crippen molar-refractivity contribution in [2.45, 2.75) is 471 Å². The number of fused-ring (bicyclic) bond motifs is 2. The average molecular weight is 1480 g/mol. The normalized spacial score (nSPS) is 36.7. The van der Waals surface area contributed by atoms with Gasteiger partial charge in [-0.1, -0.05) is 233 Å². The van der Waals surface area contributed by atoms with Gasteiger partial charge in [-0.2, -0.15) is 0 Å². The number of rotatable bonds is 41. The van der Waals surface area contributed by atoms with Gasteiger partial charge >= 0.3 is 17.9 Å². The van der Waals surface area contributed by atoms with Gasteiger partial charge in [0.2, 0.25) is 0 Å². The number of carbonyl (C=O) groups excluding carboxylic acids is 3. The molecule has 0 aliphatic carbocycles. The highest BCUT2D eigenvalue weighted by Gasteiger charge is 2.59. The molecule has 0 aromatic rings. The number of ether oxygens (including phenoxy) is 13. The highest BCUT2D eigenvalue weighted by Crippen LogP contribution is 2.40. The molecule has 0 spiro atoms. The van der Waals surface area contributed by atoms with Crippen LogP contribution in [0.3, 0.4) is 0 Å². The van der Waals surface area contributed by atoms with Crippen molar-refractivity contribution in [1.82, 2.24) is 0 Å². The maximum atomic E-state index is 14.5. The molecule has 6 aliphatic rings. The van der Waals surface area contributed by atoms with Crippen molar-refractivity contribution in [1.29, 1.82) is 0 Å². The van der Waals surface area contributed by atoms with Crippen molar-refractivity contribution >= 4 is 17.9 Å². The Morgan fingerprint density at radius 2 is 0.796 bits per heavy atom. The van der Waals surface area contributed by atoms with Crippen molar-refractivity contribution in [2.75, 3.05) is 6.61 Å². The zero-order chi connectivity index (χ0) is 74.6. The van der Waals surface area contributed by atoms with E-state index in [-0.39, 0.29) is 25.4 Å². The third kappa shape index (κ3) is 29.8. The zero-order valence-corrected chi connectivity index (χ0v) is 63.8. The lowest BCUT2D eigenvalue weighted by Gasteiger charge is -2.51. The molecule has 0 unspecified atom stereocenters. The fourth-order valence-electron chi connectivity index (χ4n) is 15.1. The third-order valence-corrected chi connectivity index (χ3v) is 21.7. The summed E-state index contributed by atoms with van der Waals surface area (Å²) in [5.41, 5.74) is 0. The fraction of sp³-hybridized carbons (Fsp3) is 0.962. The molecule has 25 nitrogen and oxygen atoms in total. The molecule has 103 heavy (non-hydrogen) atoms. The van der Waals surface area contributed by atoms with Crippen LogP contribution in [0.4, 0.5) is 0 Å². The Morgan fingerprint density at radius 1 is 0.369 bits per heavy atom. The van der Waals surface area contributed by atoms with E-state index in [4.69, 9.17) is 61.6 Å². The summed E-state index contributed by atoms with van der Waals surface area (Å²) in [5.74, 6) is -2.05. The largest absolute Gasteiger partial charge is 0.457 e. The van der Waals surface area contributed by atoms with Gasteiger partial charge in [0.05, 0.1) is 37.1 Å². The van der Waals surface area contributed by atoms with Crippen LogP contribution < -0.4 is 0 Å². The first-order valence-corrected chi connectivity index (χ1v) is 40.9. The van der Waals surface area contributed by atoms with Crippen LogP contribution in [-0.4, -0.2) is 230 Å². The van der Waals surface area contributed by atoms with E-state index in [1.54, 1.807) is 6.92 Å². The molecule has 9 N–H and O–H groups in total. The van der Waals surface area contributed by atoms with Crippen LogP contribution in [0.2, 0.25) is 0 Å². The van der Waals surface area contributed by atoms with Gasteiger partial charge in [-0.05, 0) is 59.8 Å². The Bertz CT molecular complexity index is 2250. The maximum Gasteiger partial charge on any atom is 0.306 e. The van der Waals surface area contributed by atoms with E-state index in [1.807, 2.05) is 0 Å². The summed E-state index contributed by atoms with van der Waals surface area (Å²) in [6.07, 6.45) is -1.39. The monoisotopic (exact) mass is 1480 g/mol. The van der Waals surface area contributed by atoms with E-state index in [9.17, 15) is 60.3 Å². The van der Waals surface area contributed by atoms with E-state index in [2.05, 4.69) is 20.8 Å². The molecule has 602 valence electrons. The second kappa shape index (κ2) is 49.7. The van der Waals surface area contributed by atoms with Crippen molar-refractivity contribution < 1.29 is 122 Å². The molecule has 0 bridgehead atoms.